The maximum atomic E-state index is 4.40. The zero-order valence-corrected chi connectivity index (χ0v) is 15.6. The van der Waals surface area contributed by atoms with Crippen LogP contribution in [0.1, 0.15) is 36.2 Å². The fourth-order valence-corrected chi connectivity index (χ4v) is 3.91. The highest BCUT2D eigenvalue weighted by Crippen LogP contribution is 2.37. The molecule has 2 nitrogen and oxygen atoms in total. The van der Waals surface area contributed by atoms with Crippen molar-refractivity contribution >= 4 is 22.3 Å². The van der Waals surface area contributed by atoms with Crippen molar-refractivity contribution in [2.45, 2.75) is 33.7 Å². The summed E-state index contributed by atoms with van der Waals surface area (Å²) in [6.07, 6.45) is 1.12. The van der Waals surface area contributed by atoms with Crippen LogP contribution in [0.4, 0.5) is 5.69 Å². The average molecular weight is 330 g/mol. The molecule has 0 bridgehead atoms. The Morgan fingerprint density at radius 1 is 1.08 bits per heavy atom. The molecular weight excluding hydrogens is 304 g/mol. The third-order valence-corrected chi connectivity index (χ3v) is 5.36. The van der Waals surface area contributed by atoms with Gasteiger partial charge in [0.2, 0.25) is 0 Å². The number of anilines is 1. The van der Waals surface area contributed by atoms with E-state index in [2.05, 4.69) is 86.3 Å². The number of nitrogens with zero attached hydrogens (tertiary/aromatic N) is 2. The minimum absolute atomic E-state index is 0.673. The molecule has 128 valence electrons. The van der Waals surface area contributed by atoms with Crippen molar-refractivity contribution in [2.75, 3.05) is 4.90 Å². The lowest BCUT2D eigenvalue weighted by molar-refractivity contribution is 0.647. The van der Waals surface area contributed by atoms with Crippen LogP contribution in [-0.2, 0) is 20.0 Å². The van der Waals surface area contributed by atoms with Gasteiger partial charge in [-0.15, -0.1) is 0 Å². The summed E-state index contributed by atoms with van der Waals surface area (Å²) >= 11 is 0. The Hall–Kier alpha value is -2.48. The highest BCUT2D eigenvalue weighted by molar-refractivity contribution is 5.90. The predicted octanol–water partition coefficient (Wildman–Crippen LogP) is 5.68. The van der Waals surface area contributed by atoms with Gasteiger partial charge in [-0.05, 0) is 60.0 Å². The molecule has 0 saturated heterocycles. The SMILES string of the molecule is C=C1c2cc(CC(C)C)ccc2CN1c1ccc2cc(C)n(C)c2c1. The van der Waals surface area contributed by atoms with Gasteiger partial charge in [-0.3, -0.25) is 0 Å². The molecule has 0 radical (unpaired) electrons. The second-order valence-electron chi connectivity index (χ2n) is 7.71. The van der Waals surface area contributed by atoms with E-state index in [1.165, 1.54) is 39.0 Å². The van der Waals surface area contributed by atoms with Crippen molar-refractivity contribution in [2.24, 2.45) is 13.0 Å². The fourth-order valence-electron chi connectivity index (χ4n) is 3.91. The van der Waals surface area contributed by atoms with E-state index in [4.69, 9.17) is 0 Å². The number of hydrogen-bond donors (Lipinski definition) is 0. The number of benzene rings is 2. The Bertz CT molecular complexity index is 975. The van der Waals surface area contributed by atoms with E-state index in [-0.39, 0.29) is 0 Å². The molecule has 1 aliphatic heterocycles. The molecule has 1 aliphatic rings. The van der Waals surface area contributed by atoms with Crippen molar-refractivity contribution < 1.29 is 0 Å². The largest absolute Gasteiger partial charge is 0.348 e. The smallest absolute Gasteiger partial charge is 0.0500 e. The molecule has 0 amide bonds. The molecule has 4 rings (SSSR count). The molecule has 1 aromatic heterocycles. The van der Waals surface area contributed by atoms with E-state index >= 15 is 0 Å². The number of aromatic nitrogens is 1. The summed E-state index contributed by atoms with van der Waals surface area (Å²) in [5.74, 6) is 0.673. The molecule has 0 fully saturated rings. The van der Waals surface area contributed by atoms with Gasteiger partial charge in [0, 0.05) is 36.2 Å². The van der Waals surface area contributed by atoms with Crippen LogP contribution >= 0.6 is 0 Å². The van der Waals surface area contributed by atoms with Gasteiger partial charge in [0.1, 0.15) is 0 Å². The van der Waals surface area contributed by atoms with Crippen LogP contribution in [-0.4, -0.2) is 4.57 Å². The van der Waals surface area contributed by atoms with Gasteiger partial charge >= 0.3 is 0 Å². The highest BCUT2D eigenvalue weighted by atomic mass is 15.2. The molecule has 2 aromatic carbocycles. The zero-order chi connectivity index (χ0) is 17.7. The standard InChI is InChI=1S/C23H26N2/c1-15(2)10-18-6-7-20-14-25(17(4)22(20)12-18)21-9-8-19-11-16(3)24(5)23(19)13-21/h6-9,11-13,15H,4,10,14H2,1-3,5H3. The molecule has 2 heteroatoms. The van der Waals surface area contributed by atoms with Crippen molar-refractivity contribution in [1.29, 1.82) is 0 Å². The maximum absolute atomic E-state index is 4.40. The molecule has 2 heterocycles. The third kappa shape index (κ3) is 2.66. The quantitative estimate of drug-likeness (QED) is 0.600. The lowest BCUT2D eigenvalue weighted by Gasteiger charge is -2.20. The first kappa shape index (κ1) is 16.0. The first-order valence-electron chi connectivity index (χ1n) is 9.08. The summed E-state index contributed by atoms with van der Waals surface area (Å²) < 4.78 is 2.26. The molecule has 0 atom stereocenters. The molecular formula is C23H26N2. The molecule has 0 saturated carbocycles. The maximum Gasteiger partial charge on any atom is 0.0500 e. The van der Waals surface area contributed by atoms with Crippen LogP contribution in [0.25, 0.3) is 16.6 Å². The Balaban J connectivity index is 1.70. The number of rotatable bonds is 3. The minimum atomic E-state index is 0.673. The first-order valence-corrected chi connectivity index (χ1v) is 9.08. The Morgan fingerprint density at radius 3 is 2.64 bits per heavy atom. The molecule has 0 spiro atoms. The summed E-state index contributed by atoms with van der Waals surface area (Å²) in [4.78, 5) is 2.34. The Kier molecular flexibility index (Phi) is 3.72. The van der Waals surface area contributed by atoms with Crippen LogP contribution in [0.3, 0.4) is 0 Å². The van der Waals surface area contributed by atoms with Gasteiger partial charge in [-0.2, -0.15) is 0 Å². The van der Waals surface area contributed by atoms with E-state index in [9.17, 15) is 0 Å². The summed E-state index contributed by atoms with van der Waals surface area (Å²) in [5.41, 5.74) is 8.99. The summed E-state index contributed by atoms with van der Waals surface area (Å²) in [7, 11) is 2.13. The summed E-state index contributed by atoms with van der Waals surface area (Å²) in [6.45, 7) is 12.0. The number of aryl methyl sites for hydroxylation is 2. The number of hydrogen-bond acceptors (Lipinski definition) is 1. The topological polar surface area (TPSA) is 8.17 Å². The van der Waals surface area contributed by atoms with Crippen LogP contribution in [0.5, 0.6) is 0 Å². The van der Waals surface area contributed by atoms with Gasteiger partial charge in [0.25, 0.3) is 0 Å². The van der Waals surface area contributed by atoms with Gasteiger partial charge in [0.15, 0.2) is 0 Å². The van der Waals surface area contributed by atoms with Crippen LogP contribution in [0.2, 0.25) is 0 Å². The predicted molar refractivity (Wildman–Crippen MR) is 108 cm³/mol. The Labute approximate surface area is 150 Å². The lowest BCUT2D eigenvalue weighted by Crippen LogP contribution is -2.12. The van der Waals surface area contributed by atoms with E-state index in [0.717, 1.165) is 18.7 Å². The van der Waals surface area contributed by atoms with Crippen LogP contribution < -0.4 is 4.90 Å². The lowest BCUT2D eigenvalue weighted by atomic mass is 9.98. The number of fused-ring (bicyclic) bond motifs is 2. The summed E-state index contributed by atoms with van der Waals surface area (Å²) in [5, 5.41) is 1.30. The van der Waals surface area contributed by atoms with E-state index in [1.807, 2.05) is 0 Å². The van der Waals surface area contributed by atoms with Crippen LogP contribution in [0, 0.1) is 12.8 Å². The monoisotopic (exact) mass is 330 g/mol. The second-order valence-corrected chi connectivity index (χ2v) is 7.71. The van der Waals surface area contributed by atoms with E-state index < -0.39 is 0 Å². The third-order valence-electron chi connectivity index (χ3n) is 5.36. The van der Waals surface area contributed by atoms with Crippen molar-refractivity contribution in [3.05, 3.63) is 71.4 Å². The minimum Gasteiger partial charge on any atom is -0.348 e. The van der Waals surface area contributed by atoms with Gasteiger partial charge in [0.05, 0.1) is 5.52 Å². The van der Waals surface area contributed by atoms with Gasteiger partial charge in [-0.1, -0.05) is 38.6 Å². The molecule has 0 unspecified atom stereocenters. The van der Waals surface area contributed by atoms with Gasteiger partial charge in [-0.25, -0.2) is 0 Å². The van der Waals surface area contributed by atoms with Crippen molar-refractivity contribution in [3.8, 4) is 0 Å². The fraction of sp³-hybridized carbons (Fsp3) is 0.304. The van der Waals surface area contributed by atoms with Crippen molar-refractivity contribution in [1.82, 2.24) is 4.57 Å². The van der Waals surface area contributed by atoms with Gasteiger partial charge < -0.3 is 9.47 Å². The molecule has 0 aliphatic carbocycles. The van der Waals surface area contributed by atoms with E-state index in [1.54, 1.807) is 0 Å². The first-order chi connectivity index (χ1) is 11.9. The highest BCUT2D eigenvalue weighted by Gasteiger charge is 2.24. The Morgan fingerprint density at radius 2 is 1.88 bits per heavy atom. The van der Waals surface area contributed by atoms with Crippen LogP contribution in [0.15, 0.2) is 49.0 Å². The molecule has 25 heavy (non-hydrogen) atoms. The zero-order valence-electron chi connectivity index (χ0n) is 15.6. The normalized spacial score (nSPS) is 14.0. The average Bonchev–Trinajstić information content (AvgIpc) is 3.05. The molecule has 3 aromatic rings. The van der Waals surface area contributed by atoms with Crippen molar-refractivity contribution in [3.63, 3.8) is 0 Å². The summed E-state index contributed by atoms with van der Waals surface area (Å²) in [6, 6.07) is 15.9. The second kappa shape index (κ2) is 5.80. The van der Waals surface area contributed by atoms with E-state index in [0.29, 0.717) is 5.92 Å². The molecule has 0 N–H and O–H groups in total.